The van der Waals surface area contributed by atoms with Gasteiger partial charge in [0.15, 0.2) is 5.96 Å². The molecule has 1 saturated carbocycles. The molecular weight excluding hydrogens is 342 g/mol. The maximum absolute atomic E-state index is 12.7. The molecule has 1 aromatic heterocycles. The Labute approximate surface area is 163 Å². The standard InChI is InChI=1S/C20H35N5O2/c1-6-21-19(22-14-16(24(2)3)17-10-9-13-27-17)23-15-20(11-7-8-12-20)18(26)25(4)5/h9-10,13,16H,6-8,11-12,14-15H2,1-5H3,(H2,21,22,23). The van der Waals surface area contributed by atoms with Crippen LogP contribution in [0.3, 0.4) is 0 Å². The minimum atomic E-state index is -0.353. The summed E-state index contributed by atoms with van der Waals surface area (Å²) in [7, 11) is 7.73. The molecular formula is C20H35N5O2. The molecule has 1 aliphatic carbocycles. The fourth-order valence-corrected chi connectivity index (χ4v) is 3.75. The summed E-state index contributed by atoms with van der Waals surface area (Å²) in [4.78, 5) is 21.3. The number of likely N-dealkylation sites (N-methyl/N-ethyl adjacent to an activating group) is 1. The van der Waals surface area contributed by atoms with Gasteiger partial charge in [-0.05, 0) is 46.0 Å². The summed E-state index contributed by atoms with van der Waals surface area (Å²) in [6.07, 6.45) is 5.72. The van der Waals surface area contributed by atoms with Gasteiger partial charge in [-0.25, -0.2) is 0 Å². The topological polar surface area (TPSA) is 73.1 Å². The maximum Gasteiger partial charge on any atom is 0.230 e. The number of furan rings is 1. The fourth-order valence-electron chi connectivity index (χ4n) is 3.75. The minimum absolute atomic E-state index is 0.104. The maximum atomic E-state index is 12.7. The first-order chi connectivity index (χ1) is 12.9. The number of aliphatic imine (C=N–C) groups is 1. The Kier molecular flexibility index (Phi) is 7.71. The number of carbonyl (C=O) groups is 1. The summed E-state index contributed by atoms with van der Waals surface area (Å²) in [5.41, 5.74) is -0.353. The van der Waals surface area contributed by atoms with E-state index in [1.165, 1.54) is 0 Å². The minimum Gasteiger partial charge on any atom is -0.468 e. The highest BCUT2D eigenvalue weighted by Gasteiger charge is 2.42. The van der Waals surface area contributed by atoms with Crippen molar-refractivity contribution < 1.29 is 9.21 Å². The summed E-state index contributed by atoms with van der Waals surface area (Å²) < 4.78 is 5.57. The Morgan fingerprint density at radius 1 is 1.26 bits per heavy atom. The smallest absolute Gasteiger partial charge is 0.230 e. The number of carbonyl (C=O) groups excluding carboxylic acids is 1. The molecule has 1 atom stereocenters. The Bertz CT molecular complexity index is 604. The number of nitrogens with zero attached hydrogens (tertiary/aromatic N) is 3. The van der Waals surface area contributed by atoms with E-state index in [2.05, 4.69) is 15.5 Å². The first-order valence-electron chi connectivity index (χ1n) is 9.83. The third-order valence-corrected chi connectivity index (χ3v) is 5.26. The zero-order valence-corrected chi connectivity index (χ0v) is 17.4. The lowest BCUT2D eigenvalue weighted by Crippen LogP contribution is -2.44. The first-order valence-corrected chi connectivity index (χ1v) is 9.83. The fraction of sp³-hybridized carbons (Fsp3) is 0.700. The molecule has 0 saturated heterocycles. The quantitative estimate of drug-likeness (QED) is 0.536. The predicted molar refractivity (Wildman–Crippen MR) is 109 cm³/mol. The first kappa shape index (κ1) is 21.3. The van der Waals surface area contributed by atoms with Crippen molar-refractivity contribution in [2.45, 2.75) is 38.6 Å². The number of rotatable bonds is 8. The van der Waals surface area contributed by atoms with Gasteiger partial charge in [0.1, 0.15) is 5.76 Å². The van der Waals surface area contributed by atoms with Gasteiger partial charge < -0.3 is 20.0 Å². The summed E-state index contributed by atoms with van der Waals surface area (Å²) in [5, 5.41) is 6.71. The zero-order valence-electron chi connectivity index (χ0n) is 17.4. The molecule has 1 fully saturated rings. The van der Waals surface area contributed by atoms with Crippen LogP contribution in [0, 0.1) is 5.41 Å². The van der Waals surface area contributed by atoms with Gasteiger partial charge in [0.25, 0.3) is 0 Å². The normalized spacial score (nSPS) is 17.8. The van der Waals surface area contributed by atoms with E-state index in [0.717, 1.165) is 43.9 Å². The van der Waals surface area contributed by atoms with Crippen LogP contribution in [0.4, 0.5) is 0 Å². The molecule has 7 heteroatoms. The van der Waals surface area contributed by atoms with Gasteiger partial charge in [-0.15, -0.1) is 0 Å². The highest BCUT2D eigenvalue weighted by molar-refractivity contribution is 5.84. The van der Waals surface area contributed by atoms with E-state index in [-0.39, 0.29) is 17.4 Å². The number of hydrogen-bond acceptors (Lipinski definition) is 4. The van der Waals surface area contributed by atoms with E-state index < -0.39 is 0 Å². The molecule has 0 spiro atoms. The Hall–Kier alpha value is -2.02. The number of hydrogen-bond donors (Lipinski definition) is 2. The van der Waals surface area contributed by atoms with Gasteiger partial charge >= 0.3 is 0 Å². The molecule has 1 amide bonds. The van der Waals surface area contributed by atoms with E-state index in [0.29, 0.717) is 13.1 Å². The molecule has 152 valence electrons. The van der Waals surface area contributed by atoms with Crippen molar-refractivity contribution in [3.8, 4) is 0 Å². The highest BCUT2D eigenvalue weighted by atomic mass is 16.3. The molecule has 1 aliphatic rings. The van der Waals surface area contributed by atoms with Crippen molar-refractivity contribution in [1.82, 2.24) is 20.4 Å². The lowest BCUT2D eigenvalue weighted by Gasteiger charge is -2.29. The molecule has 1 unspecified atom stereocenters. The van der Waals surface area contributed by atoms with E-state index in [9.17, 15) is 4.79 Å². The molecule has 2 N–H and O–H groups in total. The predicted octanol–water partition coefficient (Wildman–Crippen LogP) is 2.09. The van der Waals surface area contributed by atoms with E-state index in [4.69, 9.17) is 9.41 Å². The number of guanidine groups is 1. The monoisotopic (exact) mass is 377 g/mol. The highest BCUT2D eigenvalue weighted by Crippen LogP contribution is 2.39. The van der Waals surface area contributed by atoms with Crippen molar-refractivity contribution >= 4 is 11.9 Å². The summed E-state index contributed by atoms with van der Waals surface area (Å²) in [5.74, 6) is 1.86. The van der Waals surface area contributed by atoms with Crippen LogP contribution in [-0.4, -0.2) is 69.5 Å². The molecule has 2 rings (SSSR count). The van der Waals surface area contributed by atoms with Gasteiger partial charge in [-0.2, -0.15) is 0 Å². The second-order valence-corrected chi connectivity index (χ2v) is 7.76. The van der Waals surface area contributed by atoms with Crippen molar-refractivity contribution in [3.63, 3.8) is 0 Å². The molecule has 1 aromatic rings. The SMILES string of the molecule is CCNC(=NCC1(C(=O)N(C)C)CCCC1)NCC(c1ccco1)N(C)C. The van der Waals surface area contributed by atoms with Gasteiger partial charge in [-0.1, -0.05) is 12.8 Å². The third-order valence-electron chi connectivity index (χ3n) is 5.26. The second-order valence-electron chi connectivity index (χ2n) is 7.76. The molecule has 0 radical (unpaired) electrons. The lowest BCUT2D eigenvalue weighted by atomic mass is 9.85. The third kappa shape index (κ3) is 5.48. The number of amides is 1. The molecule has 0 aromatic carbocycles. The van der Waals surface area contributed by atoms with Crippen molar-refractivity contribution in [2.24, 2.45) is 10.4 Å². The van der Waals surface area contributed by atoms with Crippen LogP contribution in [0.25, 0.3) is 0 Å². The van der Waals surface area contributed by atoms with Crippen LogP contribution >= 0.6 is 0 Å². The van der Waals surface area contributed by atoms with Crippen molar-refractivity contribution in [3.05, 3.63) is 24.2 Å². The molecule has 7 nitrogen and oxygen atoms in total. The largest absolute Gasteiger partial charge is 0.468 e. The Morgan fingerprint density at radius 2 is 1.96 bits per heavy atom. The van der Waals surface area contributed by atoms with Crippen LogP contribution in [0.2, 0.25) is 0 Å². The summed E-state index contributed by atoms with van der Waals surface area (Å²) in [6, 6.07) is 3.99. The van der Waals surface area contributed by atoms with E-state index in [1.54, 1.807) is 11.2 Å². The molecule has 0 bridgehead atoms. The molecule has 27 heavy (non-hydrogen) atoms. The average Bonchev–Trinajstić information content (AvgIpc) is 3.31. The molecule has 0 aliphatic heterocycles. The van der Waals surface area contributed by atoms with Crippen LogP contribution < -0.4 is 10.6 Å². The van der Waals surface area contributed by atoms with Gasteiger partial charge in [0.05, 0.1) is 24.3 Å². The van der Waals surface area contributed by atoms with Crippen LogP contribution in [0.5, 0.6) is 0 Å². The zero-order chi connectivity index (χ0) is 19.9. The second kappa shape index (κ2) is 9.78. The van der Waals surface area contributed by atoms with Crippen LogP contribution in [-0.2, 0) is 4.79 Å². The van der Waals surface area contributed by atoms with Crippen LogP contribution in [0.1, 0.15) is 44.4 Å². The van der Waals surface area contributed by atoms with Crippen molar-refractivity contribution in [1.29, 1.82) is 0 Å². The molecule has 1 heterocycles. The van der Waals surface area contributed by atoms with E-state index >= 15 is 0 Å². The van der Waals surface area contributed by atoms with E-state index in [1.807, 2.05) is 47.2 Å². The summed E-state index contributed by atoms with van der Waals surface area (Å²) in [6.45, 7) is 4.00. The van der Waals surface area contributed by atoms with Crippen LogP contribution in [0.15, 0.2) is 27.8 Å². The van der Waals surface area contributed by atoms with Gasteiger partial charge in [-0.3, -0.25) is 14.7 Å². The lowest BCUT2D eigenvalue weighted by molar-refractivity contribution is -0.138. The summed E-state index contributed by atoms with van der Waals surface area (Å²) >= 11 is 0. The van der Waals surface area contributed by atoms with Gasteiger partial charge in [0.2, 0.25) is 5.91 Å². The number of nitrogens with one attached hydrogen (secondary N) is 2. The average molecular weight is 378 g/mol. The van der Waals surface area contributed by atoms with Gasteiger partial charge in [0, 0.05) is 27.2 Å². The van der Waals surface area contributed by atoms with Crippen molar-refractivity contribution in [2.75, 3.05) is 47.8 Å². The Morgan fingerprint density at radius 3 is 2.48 bits per heavy atom. The Balaban J connectivity index is 2.07.